The lowest BCUT2D eigenvalue weighted by molar-refractivity contribution is 1.35. The summed E-state index contributed by atoms with van der Waals surface area (Å²) in [6.07, 6.45) is 0. The smallest absolute Gasteiger partial charge is 0.106 e. The van der Waals surface area contributed by atoms with Crippen molar-refractivity contribution in [2.75, 3.05) is 0 Å². The highest BCUT2D eigenvalue weighted by atomic mass is 79.9. The van der Waals surface area contributed by atoms with Crippen LogP contribution >= 0.6 is 55.1 Å². The Balaban J connectivity index is 2.92. The maximum atomic E-state index is 6.06. The van der Waals surface area contributed by atoms with Gasteiger partial charge in [0.05, 0.1) is 15.6 Å². The molecule has 2 aromatic rings. The van der Waals surface area contributed by atoms with Crippen molar-refractivity contribution in [2.24, 2.45) is 0 Å². The van der Waals surface area contributed by atoms with E-state index in [2.05, 4.69) is 36.8 Å². The number of nitrogens with zero attached hydrogens (tertiary/aromatic N) is 1. The average Bonchev–Trinajstić information content (AvgIpc) is 2.16. The summed E-state index contributed by atoms with van der Waals surface area (Å²) in [6, 6.07) is 5.68. The summed E-state index contributed by atoms with van der Waals surface area (Å²) in [4.78, 5) is 4.26. The molecule has 1 aromatic heterocycles. The van der Waals surface area contributed by atoms with Gasteiger partial charge < -0.3 is 0 Å². The molecule has 72 valence electrons. The number of pyridine rings is 1. The van der Waals surface area contributed by atoms with Crippen molar-refractivity contribution in [1.82, 2.24) is 4.98 Å². The topological polar surface area (TPSA) is 12.9 Å². The zero-order chi connectivity index (χ0) is 10.3. The van der Waals surface area contributed by atoms with E-state index >= 15 is 0 Å². The van der Waals surface area contributed by atoms with Crippen LogP contribution in [0, 0.1) is 0 Å². The number of fused-ring (bicyclic) bond motifs is 1. The Hall–Kier alpha value is 0.170. The van der Waals surface area contributed by atoms with E-state index in [0.29, 0.717) is 15.6 Å². The molecule has 0 spiro atoms. The molecule has 1 nitrogen and oxygen atoms in total. The molecule has 0 radical (unpaired) electrons. The molecule has 0 bridgehead atoms. The van der Waals surface area contributed by atoms with Gasteiger partial charge in [-0.3, -0.25) is 0 Å². The molecule has 1 heterocycles. The van der Waals surface area contributed by atoms with Gasteiger partial charge in [-0.05, 0) is 44.0 Å². The molecule has 0 fully saturated rings. The summed E-state index contributed by atoms with van der Waals surface area (Å²) in [5, 5.41) is 1.91. The molecule has 0 N–H and O–H groups in total. The second-order valence-electron chi connectivity index (χ2n) is 2.69. The van der Waals surface area contributed by atoms with E-state index in [9.17, 15) is 0 Å². The van der Waals surface area contributed by atoms with Crippen molar-refractivity contribution in [3.63, 3.8) is 0 Å². The van der Waals surface area contributed by atoms with Gasteiger partial charge in [0.15, 0.2) is 0 Å². The lowest BCUT2D eigenvalue weighted by Crippen LogP contribution is -1.83. The molecular weight excluding hydrogens is 353 g/mol. The molecule has 0 aliphatic carbocycles. The van der Waals surface area contributed by atoms with Gasteiger partial charge in [0.1, 0.15) is 4.60 Å². The van der Waals surface area contributed by atoms with Gasteiger partial charge in [0.25, 0.3) is 0 Å². The number of aromatic nitrogens is 1. The van der Waals surface area contributed by atoms with Gasteiger partial charge in [-0.15, -0.1) is 0 Å². The number of benzene rings is 1. The second kappa shape index (κ2) is 3.97. The molecule has 0 aliphatic rings. The van der Waals surface area contributed by atoms with E-state index in [0.717, 1.165) is 14.5 Å². The summed E-state index contributed by atoms with van der Waals surface area (Å²) in [7, 11) is 0. The molecule has 5 heteroatoms. The molecule has 0 atom stereocenters. The van der Waals surface area contributed by atoms with Crippen LogP contribution < -0.4 is 0 Å². The zero-order valence-corrected chi connectivity index (χ0v) is 11.4. The van der Waals surface area contributed by atoms with Gasteiger partial charge in [-0.1, -0.05) is 29.3 Å². The molecule has 1 aromatic carbocycles. The van der Waals surface area contributed by atoms with Crippen LogP contribution in [0.2, 0.25) is 10.0 Å². The van der Waals surface area contributed by atoms with E-state index in [1.54, 1.807) is 0 Å². The van der Waals surface area contributed by atoms with E-state index < -0.39 is 0 Å². The SMILES string of the molecule is Clc1c(Br)cc2ccc(Br)nc2c1Cl. The monoisotopic (exact) mass is 353 g/mol. The summed E-state index contributed by atoms with van der Waals surface area (Å²) in [6.45, 7) is 0. The third-order valence-electron chi connectivity index (χ3n) is 1.78. The lowest BCUT2D eigenvalue weighted by Gasteiger charge is -2.04. The maximum absolute atomic E-state index is 6.06. The fraction of sp³-hybridized carbons (Fsp3) is 0. The van der Waals surface area contributed by atoms with Crippen LogP contribution in [-0.2, 0) is 0 Å². The molecule has 0 aliphatic heterocycles. The predicted molar refractivity (Wildman–Crippen MR) is 67.2 cm³/mol. The van der Waals surface area contributed by atoms with Crippen molar-refractivity contribution in [3.05, 3.63) is 37.3 Å². The largest absolute Gasteiger partial charge is 0.239 e. The van der Waals surface area contributed by atoms with Crippen molar-refractivity contribution in [2.45, 2.75) is 0 Å². The highest BCUT2D eigenvalue weighted by molar-refractivity contribution is 9.10. The number of rotatable bonds is 0. The minimum absolute atomic E-state index is 0.470. The van der Waals surface area contributed by atoms with Gasteiger partial charge in [-0.25, -0.2) is 4.98 Å². The fourth-order valence-electron chi connectivity index (χ4n) is 1.15. The van der Waals surface area contributed by atoms with Crippen molar-refractivity contribution < 1.29 is 0 Å². The third kappa shape index (κ3) is 1.78. The van der Waals surface area contributed by atoms with E-state index in [1.807, 2.05) is 18.2 Å². The Morgan fingerprint density at radius 1 is 1.07 bits per heavy atom. The molecule has 14 heavy (non-hydrogen) atoms. The van der Waals surface area contributed by atoms with E-state index in [4.69, 9.17) is 23.2 Å². The summed E-state index contributed by atoms with van der Waals surface area (Å²) < 4.78 is 1.52. The number of hydrogen-bond acceptors (Lipinski definition) is 1. The summed E-state index contributed by atoms with van der Waals surface area (Å²) >= 11 is 18.6. The normalized spacial score (nSPS) is 10.9. The van der Waals surface area contributed by atoms with Crippen molar-refractivity contribution in [1.29, 1.82) is 0 Å². The Morgan fingerprint density at radius 2 is 1.79 bits per heavy atom. The highest BCUT2D eigenvalue weighted by Gasteiger charge is 2.09. The molecule has 0 unspecified atom stereocenters. The van der Waals surface area contributed by atoms with Gasteiger partial charge in [0.2, 0.25) is 0 Å². The minimum Gasteiger partial charge on any atom is -0.239 e. The highest BCUT2D eigenvalue weighted by Crippen LogP contribution is 2.36. The first-order chi connectivity index (χ1) is 6.59. The van der Waals surface area contributed by atoms with Crippen LogP contribution in [-0.4, -0.2) is 4.98 Å². The van der Waals surface area contributed by atoms with Crippen molar-refractivity contribution >= 4 is 66.0 Å². The number of halogens is 4. The van der Waals surface area contributed by atoms with Gasteiger partial charge >= 0.3 is 0 Å². The minimum atomic E-state index is 0.470. The summed E-state index contributed by atoms with van der Waals surface area (Å²) in [5.41, 5.74) is 0.703. The van der Waals surface area contributed by atoms with Crippen LogP contribution in [0.15, 0.2) is 27.3 Å². The fourth-order valence-corrected chi connectivity index (χ4v) is 2.41. The van der Waals surface area contributed by atoms with Crippen molar-refractivity contribution in [3.8, 4) is 0 Å². The Kier molecular flexibility index (Phi) is 3.03. The Morgan fingerprint density at radius 3 is 2.50 bits per heavy atom. The third-order valence-corrected chi connectivity index (χ3v) is 3.94. The first-order valence-electron chi connectivity index (χ1n) is 3.69. The lowest BCUT2D eigenvalue weighted by atomic mass is 10.2. The molecular formula is C9H3Br2Cl2N. The molecule has 2 rings (SSSR count). The van der Waals surface area contributed by atoms with Crippen LogP contribution in [0.3, 0.4) is 0 Å². The molecule has 0 saturated heterocycles. The maximum Gasteiger partial charge on any atom is 0.106 e. The molecule has 0 amide bonds. The zero-order valence-electron chi connectivity index (χ0n) is 6.69. The average molecular weight is 356 g/mol. The quantitative estimate of drug-likeness (QED) is 0.475. The Labute approximate surface area is 108 Å². The first kappa shape index (κ1) is 10.7. The number of hydrogen-bond donors (Lipinski definition) is 0. The van der Waals surface area contributed by atoms with Crippen LogP contribution in [0.5, 0.6) is 0 Å². The van der Waals surface area contributed by atoms with Gasteiger partial charge in [0, 0.05) is 9.86 Å². The second-order valence-corrected chi connectivity index (χ2v) is 5.11. The summed E-state index contributed by atoms with van der Waals surface area (Å²) in [5.74, 6) is 0. The Bertz CT molecular complexity index is 514. The standard InChI is InChI=1S/C9H3Br2Cl2N/c10-5-3-4-1-2-6(11)14-9(4)8(13)7(5)12/h1-3H. The van der Waals surface area contributed by atoms with Crippen LogP contribution in [0.1, 0.15) is 0 Å². The molecule has 0 saturated carbocycles. The van der Waals surface area contributed by atoms with Gasteiger partial charge in [-0.2, -0.15) is 0 Å². The van der Waals surface area contributed by atoms with E-state index in [-0.39, 0.29) is 0 Å². The van der Waals surface area contributed by atoms with Crippen LogP contribution in [0.25, 0.3) is 10.9 Å². The van der Waals surface area contributed by atoms with E-state index in [1.165, 1.54) is 0 Å². The predicted octanol–water partition coefficient (Wildman–Crippen LogP) is 5.07. The van der Waals surface area contributed by atoms with Crippen LogP contribution in [0.4, 0.5) is 0 Å². The first-order valence-corrected chi connectivity index (χ1v) is 6.03.